The fourth-order valence-corrected chi connectivity index (χ4v) is 3.31. The largest absolute Gasteiger partial charge is 0.144 e. The molecule has 56 valence electrons. The van der Waals surface area contributed by atoms with Gasteiger partial charge in [-0.25, -0.2) is 0 Å². The molecule has 0 radical (unpaired) electrons. The van der Waals surface area contributed by atoms with Gasteiger partial charge in [-0.3, -0.25) is 0 Å². The third-order valence-corrected chi connectivity index (χ3v) is 3.68. The van der Waals surface area contributed by atoms with Crippen LogP contribution in [0.5, 0.6) is 0 Å². The lowest BCUT2D eigenvalue weighted by Gasteiger charge is -1.90. The summed E-state index contributed by atoms with van der Waals surface area (Å²) in [7, 11) is 0. The van der Waals surface area contributed by atoms with E-state index in [4.69, 9.17) is 0 Å². The Balaban J connectivity index is 2.81. The molecule has 0 atom stereocenters. The van der Waals surface area contributed by atoms with Crippen LogP contribution in [0.2, 0.25) is 0 Å². The maximum Gasteiger partial charge on any atom is 0.0317 e. The zero-order valence-electron chi connectivity index (χ0n) is 5.66. The Bertz CT molecular complexity index is 217. The van der Waals surface area contributed by atoms with Gasteiger partial charge in [-0.2, -0.15) is 0 Å². The Hall–Kier alpha value is 0.660. The highest BCUT2D eigenvalue weighted by Gasteiger charge is 2.01. The molecule has 1 aromatic rings. The Morgan fingerprint density at radius 2 is 2.30 bits per heavy atom. The van der Waals surface area contributed by atoms with Crippen molar-refractivity contribution in [2.45, 2.75) is 13.3 Å². The Morgan fingerprint density at radius 3 is 2.70 bits per heavy atom. The molecule has 0 nitrogen and oxygen atoms in total. The SMILES string of the molecule is Cc1cc(Br)c(CCBr)s1. The molecule has 0 saturated heterocycles. The fourth-order valence-electron chi connectivity index (χ4n) is 0.788. The minimum absolute atomic E-state index is 1.05. The number of hydrogen-bond donors (Lipinski definition) is 0. The van der Waals surface area contributed by atoms with E-state index < -0.39 is 0 Å². The summed E-state index contributed by atoms with van der Waals surface area (Å²) in [4.78, 5) is 2.82. The Kier molecular flexibility index (Phi) is 3.40. The van der Waals surface area contributed by atoms with Crippen LogP contribution in [0.25, 0.3) is 0 Å². The maximum absolute atomic E-state index is 3.51. The smallest absolute Gasteiger partial charge is 0.0317 e. The molecule has 3 heteroatoms. The molecule has 0 saturated carbocycles. The lowest BCUT2D eigenvalue weighted by molar-refractivity contribution is 1.21. The molecule has 0 spiro atoms. The summed E-state index contributed by atoms with van der Waals surface area (Å²) in [6, 6.07) is 2.17. The number of hydrogen-bond acceptors (Lipinski definition) is 1. The molecular formula is C7H8Br2S. The normalized spacial score (nSPS) is 10.3. The van der Waals surface area contributed by atoms with E-state index in [0.717, 1.165) is 11.8 Å². The lowest BCUT2D eigenvalue weighted by Crippen LogP contribution is -1.78. The molecule has 0 unspecified atom stereocenters. The quantitative estimate of drug-likeness (QED) is 0.725. The molecule has 0 bridgehead atoms. The van der Waals surface area contributed by atoms with Gasteiger partial charge < -0.3 is 0 Å². The topological polar surface area (TPSA) is 0 Å². The molecule has 0 amide bonds. The van der Waals surface area contributed by atoms with Gasteiger partial charge in [0.15, 0.2) is 0 Å². The van der Waals surface area contributed by atoms with Crippen LogP contribution in [0, 0.1) is 6.92 Å². The van der Waals surface area contributed by atoms with E-state index in [1.165, 1.54) is 14.2 Å². The first-order valence-corrected chi connectivity index (χ1v) is 5.78. The maximum atomic E-state index is 3.51. The predicted octanol–water partition coefficient (Wildman–Crippen LogP) is 3.76. The Labute approximate surface area is 81.9 Å². The first kappa shape index (κ1) is 8.75. The first-order chi connectivity index (χ1) is 4.74. The van der Waals surface area contributed by atoms with Gasteiger partial charge in [0, 0.05) is 19.6 Å². The van der Waals surface area contributed by atoms with Crippen LogP contribution < -0.4 is 0 Å². The van der Waals surface area contributed by atoms with Crippen LogP contribution in [0.4, 0.5) is 0 Å². The van der Waals surface area contributed by atoms with E-state index in [1.54, 1.807) is 0 Å². The average molecular weight is 284 g/mol. The molecule has 0 aliphatic carbocycles. The zero-order valence-corrected chi connectivity index (χ0v) is 9.64. The van der Waals surface area contributed by atoms with Crippen molar-refractivity contribution in [2.24, 2.45) is 0 Å². The van der Waals surface area contributed by atoms with Gasteiger partial charge in [-0.15, -0.1) is 11.3 Å². The van der Waals surface area contributed by atoms with Crippen LogP contribution in [-0.4, -0.2) is 5.33 Å². The highest BCUT2D eigenvalue weighted by atomic mass is 79.9. The fraction of sp³-hybridized carbons (Fsp3) is 0.429. The standard InChI is InChI=1S/C7H8Br2S/c1-5-4-6(9)7(10-5)2-3-8/h4H,2-3H2,1H3. The van der Waals surface area contributed by atoms with Crippen molar-refractivity contribution in [1.82, 2.24) is 0 Å². The summed E-state index contributed by atoms with van der Waals surface area (Å²) in [6.45, 7) is 2.13. The predicted molar refractivity (Wildman–Crippen MR) is 54.3 cm³/mol. The molecule has 1 aromatic heterocycles. The van der Waals surface area contributed by atoms with Crippen molar-refractivity contribution in [3.8, 4) is 0 Å². The van der Waals surface area contributed by atoms with Crippen LogP contribution in [0.3, 0.4) is 0 Å². The van der Waals surface area contributed by atoms with Gasteiger partial charge in [0.2, 0.25) is 0 Å². The summed E-state index contributed by atoms with van der Waals surface area (Å²) in [5.74, 6) is 0. The van der Waals surface area contributed by atoms with Gasteiger partial charge in [0.25, 0.3) is 0 Å². The second-order valence-corrected chi connectivity index (χ2v) is 5.06. The van der Waals surface area contributed by atoms with Gasteiger partial charge in [0.05, 0.1) is 0 Å². The zero-order chi connectivity index (χ0) is 7.56. The summed E-state index contributed by atoms with van der Waals surface area (Å²) >= 11 is 8.79. The van der Waals surface area contributed by atoms with E-state index >= 15 is 0 Å². The third kappa shape index (κ3) is 2.07. The van der Waals surface area contributed by atoms with Crippen LogP contribution >= 0.6 is 43.2 Å². The number of alkyl halides is 1. The van der Waals surface area contributed by atoms with E-state index in [1.807, 2.05) is 11.3 Å². The van der Waals surface area contributed by atoms with Crippen LogP contribution in [0.15, 0.2) is 10.5 Å². The number of aryl methyl sites for hydroxylation is 2. The van der Waals surface area contributed by atoms with Crippen molar-refractivity contribution in [3.05, 3.63) is 20.3 Å². The van der Waals surface area contributed by atoms with E-state index in [0.29, 0.717) is 0 Å². The second kappa shape index (κ2) is 3.88. The third-order valence-electron chi connectivity index (χ3n) is 1.20. The molecular weight excluding hydrogens is 276 g/mol. The summed E-state index contributed by atoms with van der Waals surface area (Å²) in [5, 5.41) is 1.05. The summed E-state index contributed by atoms with van der Waals surface area (Å²) in [6.07, 6.45) is 1.12. The van der Waals surface area contributed by atoms with E-state index in [-0.39, 0.29) is 0 Å². The van der Waals surface area contributed by atoms with E-state index in [2.05, 4.69) is 44.8 Å². The highest BCUT2D eigenvalue weighted by molar-refractivity contribution is 9.10. The first-order valence-electron chi connectivity index (χ1n) is 3.05. The Morgan fingerprint density at radius 1 is 1.60 bits per heavy atom. The van der Waals surface area contributed by atoms with Crippen molar-refractivity contribution < 1.29 is 0 Å². The minimum atomic E-state index is 1.05. The van der Waals surface area contributed by atoms with Gasteiger partial charge in [0.1, 0.15) is 0 Å². The second-order valence-electron chi connectivity index (χ2n) is 2.07. The number of thiophene rings is 1. The molecule has 0 aromatic carbocycles. The molecule has 10 heavy (non-hydrogen) atoms. The van der Waals surface area contributed by atoms with Crippen molar-refractivity contribution >= 4 is 43.2 Å². The molecule has 0 aliphatic rings. The van der Waals surface area contributed by atoms with Gasteiger partial charge >= 0.3 is 0 Å². The lowest BCUT2D eigenvalue weighted by atomic mass is 10.4. The molecule has 0 N–H and O–H groups in total. The van der Waals surface area contributed by atoms with Crippen molar-refractivity contribution in [2.75, 3.05) is 5.33 Å². The van der Waals surface area contributed by atoms with Gasteiger partial charge in [-0.1, -0.05) is 15.9 Å². The summed E-state index contributed by atoms with van der Waals surface area (Å²) in [5.41, 5.74) is 0. The van der Waals surface area contributed by atoms with Crippen molar-refractivity contribution in [1.29, 1.82) is 0 Å². The summed E-state index contributed by atoms with van der Waals surface area (Å²) < 4.78 is 1.26. The molecule has 1 heterocycles. The molecule has 0 aliphatic heterocycles. The van der Waals surface area contributed by atoms with Crippen LogP contribution in [0.1, 0.15) is 9.75 Å². The monoisotopic (exact) mass is 282 g/mol. The minimum Gasteiger partial charge on any atom is -0.144 e. The molecule has 0 fully saturated rings. The van der Waals surface area contributed by atoms with E-state index in [9.17, 15) is 0 Å². The molecule has 1 rings (SSSR count). The highest BCUT2D eigenvalue weighted by Crippen LogP contribution is 2.27. The van der Waals surface area contributed by atoms with Gasteiger partial charge in [-0.05, 0) is 35.3 Å². The average Bonchev–Trinajstić information content (AvgIpc) is 2.13. The van der Waals surface area contributed by atoms with Crippen LogP contribution in [-0.2, 0) is 6.42 Å². The number of rotatable bonds is 2. The number of halogens is 2. The van der Waals surface area contributed by atoms with Crippen molar-refractivity contribution in [3.63, 3.8) is 0 Å².